The van der Waals surface area contributed by atoms with Gasteiger partial charge in [0.25, 0.3) is 0 Å². The normalized spacial score (nSPS) is 28.1. The molecule has 25 heavy (non-hydrogen) atoms. The number of ether oxygens (including phenoxy) is 1. The van der Waals surface area contributed by atoms with E-state index in [0.717, 1.165) is 36.1 Å². The Morgan fingerprint density at radius 2 is 1.56 bits per heavy atom. The smallest absolute Gasteiger partial charge is 0.134 e. The average molecular weight is 338 g/mol. The van der Waals surface area contributed by atoms with Gasteiger partial charge >= 0.3 is 0 Å². The first-order valence-electron chi connectivity index (χ1n) is 9.58. The fraction of sp³-hybridized carbons (Fsp3) is 0.478. The van der Waals surface area contributed by atoms with Gasteiger partial charge in [-0.1, -0.05) is 37.3 Å². The Kier molecular flexibility index (Phi) is 4.10. The van der Waals surface area contributed by atoms with Gasteiger partial charge in [0.05, 0.1) is 6.61 Å². The molecule has 1 nitrogen and oxygen atoms in total. The van der Waals surface area contributed by atoms with Crippen molar-refractivity contribution in [2.75, 3.05) is 6.61 Å². The Bertz CT molecular complexity index is 738. The third-order valence-corrected chi connectivity index (χ3v) is 6.67. The van der Waals surface area contributed by atoms with Gasteiger partial charge in [0, 0.05) is 5.56 Å². The van der Waals surface area contributed by atoms with Crippen molar-refractivity contribution in [2.45, 2.75) is 57.8 Å². The molecule has 0 spiro atoms. The van der Waals surface area contributed by atoms with Crippen LogP contribution in [-0.4, -0.2) is 6.61 Å². The quantitative estimate of drug-likeness (QED) is 0.618. The van der Waals surface area contributed by atoms with Gasteiger partial charge in [-0.05, 0) is 79.5 Å². The van der Waals surface area contributed by atoms with E-state index in [-0.39, 0.29) is 11.2 Å². The molecule has 132 valence electrons. The molecule has 2 bridgehead atoms. The SMILES string of the molecule is CCOc1ccc(-c2cccc(C34CCC(C)(CC3)CC4)c2F)cc1. The fourth-order valence-corrected chi connectivity index (χ4v) is 4.84. The minimum Gasteiger partial charge on any atom is -0.494 e. The molecule has 0 amide bonds. The highest BCUT2D eigenvalue weighted by atomic mass is 19.1. The summed E-state index contributed by atoms with van der Waals surface area (Å²) in [6, 6.07) is 13.7. The Morgan fingerprint density at radius 1 is 0.920 bits per heavy atom. The zero-order valence-electron chi connectivity index (χ0n) is 15.3. The van der Waals surface area contributed by atoms with Crippen LogP contribution in [0, 0.1) is 11.2 Å². The molecule has 3 saturated carbocycles. The molecule has 2 aromatic rings. The lowest BCUT2D eigenvalue weighted by atomic mass is 9.52. The maximum Gasteiger partial charge on any atom is 0.134 e. The summed E-state index contributed by atoms with van der Waals surface area (Å²) in [5.74, 6) is 0.817. The number of hydrogen-bond acceptors (Lipinski definition) is 1. The summed E-state index contributed by atoms with van der Waals surface area (Å²) in [6.45, 7) is 5.02. The minimum absolute atomic E-state index is 0.0165. The number of rotatable bonds is 4. The topological polar surface area (TPSA) is 9.23 Å². The molecule has 0 aliphatic heterocycles. The molecule has 0 aromatic heterocycles. The summed E-state index contributed by atoms with van der Waals surface area (Å²) < 4.78 is 21.0. The third-order valence-electron chi connectivity index (χ3n) is 6.67. The summed E-state index contributed by atoms with van der Waals surface area (Å²) in [7, 11) is 0. The predicted octanol–water partition coefficient (Wildman–Crippen LogP) is 6.50. The van der Waals surface area contributed by atoms with Crippen LogP contribution in [0.25, 0.3) is 11.1 Å². The third kappa shape index (κ3) is 2.86. The molecule has 0 heterocycles. The van der Waals surface area contributed by atoms with Crippen LogP contribution in [0.1, 0.15) is 57.9 Å². The van der Waals surface area contributed by atoms with Gasteiger partial charge in [-0.15, -0.1) is 0 Å². The van der Waals surface area contributed by atoms with Crippen molar-refractivity contribution in [3.05, 3.63) is 53.8 Å². The minimum atomic E-state index is -0.0165. The zero-order chi connectivity index (χ0) is 17.5. The van der Waals surface area contributed by atoms with Crippen molar-refractivity contribution >= 4 is 0 Å². The van der Waals surface area contributed by atoms with E-state index in [1.54, 1.807) is 0 Å². The maximum atomic E-state index is 15.5. The molecule has 0 radical (unpaired) electrons. The zero-order valence-corrected chi connectivity index (χ0v) is 15.3. The van der Waals surface area contributed by atoms with Crippen LogP contribution in [0.2, 0.25) is 0 Å². The second-order valence-corrected chi connectivity index (χ2v) is 8.22. The van der Waals surface area contributed by atoms with Crippen molar-refractivity contribution in [1.29, 1.82) is 0 Å². The maximum absolute atomic E-state index is 15.5. The standard InChI is InChI=1S/C23H27FO/c1-3-25-18-9-7-17(8-10-18)19-5-4-6-20(21(19)24)23-14-11-22(2,12-15-23)13-16-23/h4-10H,3,11-16H2,1-2H3. The lowest BCUT2D eigenvalue weighted by molar-refractivity contribution is 0.0536. The van der Waals surface area contributed by atoms with E-state index in [4.69, 9.17) is 4.74 Å². The van der Waals surface area contributed by atoms with E-state index >= 15 is 4.39 Å². The molecule has 3 aliphatic rings. The van der Waals surface area contributed by atoms with E-state index in [1.807, 2.05) is 49.4 Å². The highest BCUT2D eigenvalue weighted by molar-refractivity contribution is 5.66. The Morgan fingerprint density at radius 3 is 2.16 bits per heavy atom. The molecule has 5 rings (SSSR count). The average Bonchev–Trinajstić information content (AvgIpc) is 2.64. The number of fused-ring (bicyclic) bond motifs is 3. The van der Waals surface area contributed by atoms with E-state index in [9.17, 15) is 0 Å². The molecule has 3 aliphatic carbocycles. The lowest BCUT2D eigenvalue weighted by Gasteiger charge is -2.52. The van der Waals surface area contributed by atoms with E-state index < -0.39 is 0 Å². The van der Waals surface area contributed by atoms with Crippen molar-refractivity contribution in [3.8, 4) is 16.9 Å². The van der Waals surface area contributed by atoms with Gasteiger partial charge < -0.3 is 4.74 Å². The Balaban J connectivity index is 1.69. The Hall–Kier alpha value is -1.83. The summed E-state index contributed by atoms with van der Waals surface area (Å²) >= 11 is 0. The molecule has 2 aromatic carbocycles. The molecular formula is C23H27FO. The van der Waals surface area contributed by atoms with E-state index in [2.05, 4.69) is 6.92 Å². The van der Waals surface area contributed by atoms with Crippen LogP contribution in [0.5, 0.6) is 5.75 Å². The first kappa shape index (κ1) is 16.6. The van der Waals surface area contributed by atoms with E-state index in [1.165, 1.54) is 19.3 Å². The van der Waals surface area contributed by atoms with Crippen molar-refractivity contribution < 1.29 is 9.13 Å². The highest BCUT2D eigenvalue weighted by Gasteiger charge is 2.48. The predicted molar refractivity (Wildman–Crippen MR) is 100 cm³/mol. The van der Waals surface area contributed by atoms with Gasteiger partial charge in [-0.2, -0.15) is 0 Å². The number of benzene rings is 2. The Labute approximate surface area is 150 Å². The second kappa shape index (κ2) is 6.16. The van der Waals surface area contributed by atoms with Gasteiger partial charge in [-0.3, -0.25) is 0 Å². The lowest BCUT2D eigenvalue weighted by Crippen LogP contribution is -2.43. The van der Waals surface area contributed by atoms with Crippen molar-refractivity contribution in [1.82, 2.24) is 0 Å². The van der Waals surface area contributed by atoms with Gasteiger partial charge in [-0.25, -0.2) is 4.39 Å². The summed E-state index contributed by atoms with van der Waals surface area (Å²) in [5.41, 5.74) is 3.15. The van der Waals surface area contributed by atoms with Crippen LogP contribution in [0.15, 0.2) is 42.5 Å². The summed E-state index contributed by atoms with van der Waals surface area (Å²) in [4.78, 5) is 0. The van der Waals surface area contributed by atoms with Crippen LogP contribution in [0.3, 0.4) is 0 Å². The van der Waals surface area contributed by atoms with Crippen LogP contribution >= 0.6 is 0 Å². The van der Waals surface area contributed by atoms with Gasteiger partial charge in [0.1, 0.15) is 11.6 Å². The fourth-order valence-electron chi connectivity index (χ4n) is 4.84. The van der Waals surface area contributed by atoms with Crippen LogP contribution in [-0.2, 0) is 5.41 Å². The first-order chi connectivity index (χ1) is 12.1. The molecule has 0 N–H and O–H groups in total. The van der Waals surface area contributed by atoms with Crippen molar-refractivity contribution in [3.63, 3.8) is 0 Å². The molecular weight excluding hydrogens is 311 g/mol. The van der Waals surface area contributed by atoms with Crippen molar-refractivity contribution in [2.24, 2.45) is 5.41 Å². The number of hydrogen-bond donors (Lipinski definition) is 0. The second-order valence-electron chi connectivity index (χ2n) is 8.22. The van der Waals surface area contributed by atoms with Crippen LogP contribution < -0.4 is 4.74 Å². The molecule has 0 unspecified atom stereocenters. The molecule has 2 heteroatoms. The monoisotopic (exact) mass is 338 g/mol. The van der Waals surface area contributed by atoms with Gasteiger partial charge in [0.15, 0.2) is 0 Å². The molecule has 0 saturated heterocycles. The summed E-state index contributed by atoms with van der Waals surface area (Å²) in [6.07, 6.45) is 7.10. The van der Waals surface area contributed by atoms with Crippen LogP contribution in [0.4, 0.5) is 4.39 Å². The molecule has 0 atom stereocenters. The summed E-state index contributed by atoms with van der Waals surface area (Å²) in [5, 5.41) is 0. The largest absolute Gasteiger partial charge is 0.494 e. The highest BCUT2D eigenvalue weighted by Crippen LogP contribution is 2.58. The molecule has 3 fully saturated rings. The number of halogens is 1. The first-order valence-corrected chi connectivity index (χ1v) is 9.58. The van der Waals surface area contributed by atoms with E-state index in [0.29, 0.717) is 17.6 Å². The van der Waals surface area contributed by atoms with Gasteiger partial charge in [0.2, 0.25) is 0 Å².